The molecule has 0 bridgehead atoms. The molecule has 1 N–H and O–H groups in total. The Kier molecular flexibility index (Phi) is 1.81. The number of ether oxygens (including phenoxy) is 1. The summed E-state index contributed by atoms with van der Waals surface area (Å²) in [4.78, 5) is 0. The molecular weight excluding hydrogens is 164 g/mol. The van der Waals surface area contributed by atoms with Crippen LogP contribution in [-0.4, -0.2) is 11.2 Å². The van der Waals surface area contributed by atoms with Gasteiger partial charge < -0.3 is 9.84 Å². The lowest BCUT2D eigenvalue weighted by molar-refractivity contribution is 0.0791. The maximum atomic E-state index is 9.83. The van der Waals surface area contributed by atoms with Gasteiger partial charge in [-0.2, -0.15) is 0 Å². The van der Waals surface area contributed by atoms with Gasteiger partial charge in [-0.3, -0.25) is 0 Å². The number of aryl methyl sites for hydroxylation is 2. The summed E-state index contributed by atoms with van der Waals surface area (Å²) in [5.74, 6) is 0.875. The quantitative estimate of drug-likeness (QED) is 0.659. The summed E-state index contributed by atoms with van der Waals surface area (Å²) in [5.41, 5.74) is 3.17. The Morgan fingerprint density at radius 3 is 2.46 bits per heavy atom. The highest BCUT2D eigenvalue weighted by molar-refractivity contribution is 5.49. The highest BCUT2D eigenvalue weighted by Crippen LogP contribution is 2.40. The van der Waals surface area contributed by atoms with Crippen molar-refractivity contribution in [1.82, 2.24) is 0 Å². The number of benzene rings is 1. The average molecular weight is 178 g/mol. The molecular formula is C11H14O2. The number of aliphatic hydroxyl groups excluding tert-OH is 1. The first-order chi connectivity index (χ1) is 6.11. The van der Waals surface area contributed by atoms with E-state index in [-0.39, 0.29) is 6.10 Å². The molecule has 1 aromatic carbocycles. The SMILES string of the molecule is Cc1ccc(C)c2c1OC(C)C2O. The zero-order valence-electron chi connectivity index (χ0n) is 8.16. The third-order valence-corrected chi connectivity index (χ3v) is 2.66. The number of rotatable bonds is 0. The summed E-state index contributed by atoms with van der Waals surface area (Å²) in [7, 11) is 0. The zero-order valence-corrected chi connectivity index (χ0v) is 8.16. The van der Waals surface area contributed by atoms with Gasteiger partial charge in [0.2, 0.25) is 0 Å². The minimum Gasteiger partial charge on any atom is -0.487 e. The molecule has 0 saturated carbocycles. The molecule has 0 saturated heterocycles. The lowest BCUT2D eigenvalue weighted by Crippen LogP contribution is -2.13. The molecule has 1 aliphatic heterocycles. The molecule has 2 unspecified atom stereocenters. The summed E-state index contributed by atoms with van der Waals surface area (Å²) < 4.78 is 5.58. The molecule has 0 fully saturated rings. The van der Waals surface area contributed by atoms with Gasteiger partial charge in [0.05, 0.1) is 0 Å². The summed E-state index contributed by atoms with van der Waals surface area (Å²) in [6.45, 7) is 5.90. The van der Waals surface area contributed by atoms with Crippen molar-refractivity contribution in [3.63, 3.8) is 0 Å². The molecule has 0 spiro atoms. The van der Waals surface area contributed by atoms with Crippen LogP contribution in [-0.2, 0) is 0 Å². The Hall–Kier alpha value is -1.02. The lowest BCUT2D eigenvalue weighted by Gasteiger charge is -2.07. The Bertz CT molecular complexity index is 344. The summed E-state index contributed by atoms with van der Waals surface area (Å²) in [6, 6.07) is 4.05. The normalized spacial score (nSPS) is 25.5. The van der Waals surface area contributed by atoms with Crippen LogP contribution < -0.4 is 4.74 Å². The van der Waals surface area contributed by atoms with E-state index in [0.717, 1.165) is 22.4 Å². The average Bonchev–Trinajstić information content (AvgIpc) is 2.38. The molecule has 0 amide bonds. The van der Waals surface area contributed by atoms with Crippen molar-refractivity contribution in [2.45, 2.75) is 33.0 Å². The largest absolute Gasteiger partial charge is 0.487 e. The van der Waals surface area contributed by atoms with Crippen LogP contribution in [0.1, 0.15) is 29.7 Å². The molecule has 0 aromatic heterocycles. The summed E-state index contributed by atoms with van der Waals surface area (Å²) in [5, 5.41) is 9.83. The van der Waals surface area contributed by atoms with E-state index >= 15 is 0 Å². The van der Waals surface area contributed by atoms with Crippen LogP contribution in [0.15, 0.2) is 12.1 Å². The number of aliphatic hydroxyl groups is 1. The van der Waals surface area contributed by atoms with Gasteiger partial charge in [0, 0.05) is 5.56 Å². The third-order valence-electron chi connectivity index (χ3n) is 2.66. The second-order valence-electron chi connectivity index (χ2n) is 3.71. The second kappa shape index (κ2) is 2.74. The number of fused-ring (bicyclic) bond motifs is 1. The van der Waals surface area contributed by atoms with E-state index in [9.17, 15) is 5.11 Å². The monoisotopic (exact) mass is 178 g/mol. The maximum Gasteiger partial charge on any atom is 0.128 e. The molecule has 13 heavy (non-hydrogen) atoms. The van der Waals surface area contributed by atoms with E-state index in [1.165, 1.54) is 0 Å². The van der Waals surface area contributed by atoms with Crippen molar-refractivity contribution in [1.29, 1.82) is 0 Å². The minimum atomic E-state index is -0.463. The van der Waals surface area contributed by atoms with E-state index in [1.54, 1.807) is 0 Å². The van der Waals surface area contributed by atoms with Gasteiger partial charge in [-0.1, -0.05) is 12.1 Å². The fraction of sp³-hybridized carbons (Fsp3) is 0.455. The van der Waals surface area contributed by atoms with E-state index in [1.807, 2.05) is 32.9 Å². The number of hydrogen-bond donors (Lipinski definition) is 1. The Balaban J connectivity index is 2.61. The highest BCUT2D eigenvalue weighted by atomic mass is 16.5. The van der Waals surface area contributed by atoms with E-state index in [4.69, 9.17) is 4.74 Å². The van der Waals surface area contributed by atoms with E-state index < -0.39 is 6.10 Å². The van der Waals surface area contributed by atoms with Gasteiger partial charge in [-0.25, -0.2) is 0 Å². The second-order valence-corrected chi connectivity index (χ2v) is 3.71. The third kappa shape index (κ3) is 1.13. The van der Waals surface area contributed by atoms with E-state index in [2.05, 4.69) is 0 Å². The fourth-order valence-electron chi connectivity index (χ4n) is 1.82. The van der Waals surface area contributed by atoms with Gasteiger partial charge in [-0.05, 0) is 31.9 Å². The maximum absolute atomic E-state index is 9.83. The molecule has 1 aliphatic rings. The Labute approximate surface area is 78.2 Å². The molecule has 2 nitrogen and oxygen atoms in total. The predicted molar refractivity (Wildman–Crippen MR) is 51.0 cm³/mol. The van der Waals surface area contributed by atoms with Crippen LogP contribution in [0.2, 0.25) is 0 Å². The molecule has 1 aromatic rings. The molecule has 2 atom stereocenters. The van der Waals surface area contributed by atoms with Crippen molar-refractivity contribution in [2.24, 2.45) is 0 Å². The van der Waals surface area contributed by atoms with Crippen LogP contribution in [0.4, 0.5) is 0 Å². The zero-order chi connectivity index (χ0) is 9.59. The first kappa shape index (κ1) is 8.57. The smallest absolute Gasteiger partial charge is 0.128 e. The molecule has 0 radical (unpaired) electrons. The standard InChI is InChI=1S/C11H14O2/c1-6-4-5-7(2)11-9(6)10(12)8(3)13-11/h4-5,8,10,12H,1-3H3. The van der Waals surface area contributed by atoms with Crippen LogP contribution in [0.25, 0.3) is 0 Å². The van der Waals surface area contributed by atoms with Gasteiger partial charge in [0.15, 0.2) is 0 Å². The van der Waals surface area contributed by atoms with Crippen LogP contribution in [0.3, 0.4) is 0 Å². The lowest BCUT2D eigenvalue weighted by atomic mass is 9.99. The van der Waals surface area contributed by atoms with Gasteiger partial charge in [-0.15, -0.1) is 0 Å². The topological polar surface area (TPSA) is 29.5 Å². The molecule has 70 valence electrons. The van der Waals surface area contributed by atoms with Crippen LogP contribution in [0, 0.1) is 13.8 Å². The van der Waals surface area contributed by atoms with Crippen molar-refractivity contribution >= 4 is 0 Å². The van der Waals surface area contributed by atoms with Gasteiger partial charge >= 0.3 is 0 Å². The number of hydrogen-bond acceptors (Lipinski definition) is 2. The Morgan fingerprint density at radius 1 is 1.23 bits per heavy atom. The molecule has 0 aliphatic carbocycles. The van der Waals surface area contributed by atoms with Crippen LogP contribution >= 0.6 is 0 Å². The Morgan fingerprint density at radius 2 is 1.85 bits per heavy atom. The first-order valence-corrected chi connectivity index (χ1v) is 4.56. The van der Waals surface area contributed by atoms with Crippen molar-refractivity contribution < 1.29 is 9.84 Å². The van der Waals surface area contributed by atoms with Crippen LogP contribution in [0.5, 0.6) is 5.75 Å². The van der Waals surface area contributed by atoms with Crippen molar-refractivity contribution in [2.75, 3.05) is 0 Å². The minimum absolute atomic E-state index is 0.116. The van der Waals surface area contributed by atoms with Gasteiger partial charge in [0.1, 0.15) is 18.0 Å². The highest BCUT2D eigenvalue weighted by Gasteiger charge is 2.31. The molecule has 1 heterocycles. The van der Waals surface area contributed by atoms with E-state index in [0.29, 0.717) is 0 Å². The summed E-state index contributed by atoms with van der Waals surface area (Å²) in [6.07, 6.45) is -0.579. The van der Waals surface area contributed by atoms with Gasteiger partial charge in [0.25, 0.3) is 0 Å². The van der Waals surface area contributed by atoms with Crippen molar-refractivity contribution in [3.05, 3.63) is 28.8 Å². The molecule has 2 rings (SSSR count). The first-order valence-electron chi connectivity index (χ1n) is 4.56. The molecule has 2 heteroatoms. The fourth-order valence-corrected chi connectivity index (χ4v) is 1.82. The predicted octanol–water partition coefficient (Wildman–Crippen LogP) is 2.12. The summed E-state index contributed by atoms with van der Waals surface area (Å²) >= 11 is 0. The van der Waals surface area contributed by atoms with Crippen molar-refractivity contribution in [3.8, 4) is 5.75 Å².